The fourth-order valence-electron chi connectivity index (χ4n) is 4.02. The zero-order valence-electron chi connectivity index (χ0n) is 14.3. The third-order valence-electron chi connectivity index (χ3n) is 5.24. The molecule has 0 bridgehead atoms. The van der Waals surface area contributed by atoms with Crippen LogP contribution in [0.15, 0.2) is 24.3 Å². The highest BCUT2D eigenvalue weighted by molar-refractivity contribution is 6.30. The number of nitrogens with one attached hydrogen (secondary N) is 1. The molecule has 4 nitrogen and oxygen atoms in total. The van der Waals surface area contributed by atoms with E-state index in [1.165, 1.54) is 49.3 Å². The molecule has 1 unspecified atom stereocenters. The molecule has 0 aliphatic carbocycles. The summed E-state index contributed by atoms with van der Waals surface area (Å²) in [4.78, 5) is 2.44. The standard InChI is InChI=1S/C19H25ClN4/c1-23-12-4-5-14(13-23)18-17-6-2-3-11-21-19(17)24(22-18)16-9-7-15(20)8-10-16/h7-10,14,21H,2-6,11-13H2,1H3. The van der Waals surface area contributed by atoms with Gasteiger partial charge in [0.1, 0.15) is 5.82 Å². The largest absolute Gasteiger partial charge is 0.370 e. The van der Waals surface area contributed by atoms with Gasteiger partial charge in [0.2, 0.25) is 0 Å². The first-order valence-electron chi connectivity index (χ1n) is 9.02. The number of hydrogen-bond acceptors (Lipinski definition) is 3. The fraction of sp³-hybridized carbons (Fsp3) is 0.526. The number of halogens is 1. The van der Waals surface area contributed by atoms with Crippen LogP contribution >= 0.6 is 11.6 Å². The molecule has 0 spiro atoms. The van der Waals surface area contributed by atoms with Gasteiger partial charge in [-0.05, 0) is 70.0 Å². The van der Waals surface area contributed by atoms with E-state index < -0.39 is 0 Å². The van der Waals surface area contributed by atoms with E-state index in [2.05, 4.69) is 34.1 Å². The molecule has 128 valence electrons. The third kappa shape index (κ3) is 3.05. The molecular formula is C19H25ClN4. The van der Waals surface area contributed by atoms with Crippen LogP contribution < -0.4 is 5.32 Å². The van der Waals surface area contributed by atoms with Crippen LogP contribution in [0.25, 0.3) is 5.69 Å². The van der Waals surface area contributed by atoms with Crippen LogP contribution in [-0.2, 0) is 6.42 Å². The number of fused-ring (bicyclic) bond motifs is 1. The first-order chi connectivity index (χ1) is 11.7. The Balaban J connectivity index is 1.78. The molecular weight excluding hydrogens is 320 g/mol. The van der Waals surface area contributed by atoms with Gasteiger partial charge in [0.25, 0.3) is 0 Å². The van der Waals surface area contributed by atoms with Crippen molar-refractivity contribution in [2.24, 2.45) is 0 Å². The van der Waals surface area contributed by atoms with Gasteiger partial charge in [0.05, 0.1) is 11.4 Å². The number of benzene rings is 1. The van der Waals surface area contributed by atoms with Gasteiger partial charge in [0.15, 0.2) is 0 Å². The number of anilines is 1. The molecule has 1 aromatic heterocycles. The van der Waals surface area contributed by atoms with Crippen LogP contribution in [0, 0.1) is 0 Å². The van der Waals surface area contributed by atoms with E-state index in [0.717, 1.165) is 30.2 Å². The SMILES string of the molecule is CN1CCCC(c2nn(-c3ccc(Cl)cc3)c3c2CCCCN3)C1. The molecule has 1 saturated heterocycles. The number of aromatic nitrogens is 2. The van der Waals surface area contributed by atoms with Gasteiger partial charge < -0.3 is 10.2 Å². The molecule has 0 radical (unpaired) electrons. The van der Waals surface area contributed by atoms with Crippen molar-refractivity contribution in [3.63, 3.8) is 0 Å². The van der Waals surface area contributed by atoms with Crippen LogP contribution in [0.2, 0.25) is 5.02 Å². The summed E-state index contributed by atoms with van der Waals surface area (Å²) in [5, 5.41) is 9.47. The molecule has 1 N–H and O–H groups in total. The van der Waals surface area contributed by atoms with Gasteiger partial charge in [-0.15, -0.1) is 0 Å². The van der Waals surface area contributed by atoms with Gasteiger partial charge >= 0.3 is 0 Å². The van der Waals surface area contributed by atoms with Crippen molar-refractivity contribution in [3.05, 3.63) is 40.5 Å². The Morgan fingerprint density at radius 2 is 2.00 bits per heavy atom. The van der Waals surface area contributed by atoms with Crippen molar-refractivity contribution in [2.45, 2.75) is 38.0 Å². The van der Waals surface area contributed by atoms with Crippen molar-refractivity contribution in [2.75, 3.05) is 32.0 Å². The molecule has 1 atom stereocenters. The summed E-state index contributed by atoms with van der Waals surface area (Å²) >= 11 is 6.06. The van der Waals surface area contributed by atoms with Crippen LogP contribution in [0.1, 0.15) is 42.9 Å². The van der Waals surface area contributed by atoms with Crippen LogP contribution in [0.5, 0.6) is 0 Å². The van der Waals surface area contributed by atoms with Crippen LogP contribution in [0.4, 0.5) is 5.82 Å². The molecule has 5 heteroatoms. The second kappa shape index (κ2) is 6.77. The second-order valence-electron chi connectivity index (χ2n) is 7.09. The predicted molar refractivity (Wildman–Crippen MR) is 99.5 cm³/mol. The Hall–Kier alpha value is -1.52. The summed E-state index contributed by atoms with van der Waals surface area (Å²) in [6, 6.07) is 7.99. The van der Waals surface area contributed by atoms with Crippen molar-refractivity contribution in [1.82, 2.24) is 14.7 Å². The molecule has 0 saturated carbocycles. The lowest BCUT2D eigenvalue weighted by molar-refractivity contribution is 0.247. The zero-order valence-corrected chi connectivity index (χ0v) is 15.0. The lowest BCUT2D eigenvalue weighted by Crippen LogP contribution is -2.31. The normalized spacial score (nSPS) is 21.8. The Morgan fingerprint density at radius 1 is 1.17 bits per heavy atom. The van der Waals surface area contributed by atoms with E-state index >= 15 is 0 Å². The first kappa shape index (κ1) is 16.0. The van der Waals surface area contributed by atoms with Gasteiger partial charge in [-0.1, -0.05) is 11.6 Å². The summed E-state index contributed by atoms with van der Waals surface area (Å²) in [6.07, 6.45) is 6.10. The Kier molecular flexibility index (Phi) is 4.51. The number of hydrogen-bond donors (Lipinski definition) is 1. The van der Waals surface area contributed by atoms with Crippen molar-refractivity contribution >= 4 is 17.4 Å². The molecule has 2 aliphatic heterocycles. The highest BCUT2D eigenvalue weighted by atomic mass is 35.5. The Morgan fingerprint density at radius 3 is 2.79 bits per heavy atom. The average molecular weight is 345 g/mol. The third-order valence-corrected chi connectivity index (χ3v) is 5.49. The molecule has 2 aromatic rings. The molecule has 4 rings (SSSR count). The minimum absolute atomic E-state index is 0.547. The summed E-state index contributed by atoms with van der Waals surface area (Å²) in [7, 11) is 2.22. The van der Waals surface area contributed by atoms with Crippen molar-refractivity contribution < 1.29 is 0 Å². The summed E-state index contributed by atoms with van der Waals surface area (Å²) in [5.74, 6) is 1.74. The summed E-state index contributed by atoms with van der Waals surface area (Å²) in [6.45, 7) is 3.34. The van der Waals surface area contributed by atoms with E-state index in [9.17, 15) is 0 Å². The molecule has 24 heavy (non-hydrogen) atoms. The average Bonchev–Trinajstić information content (AvgIpc) is 2.77. The maximum absolute atomic E-state index is 6.06. The van der Waals surface area contributed by atoms with Crippen LogP contribution in [0.3, 0.4) is 0 Å². The zero-order chi connectivity index (χ0) is 16.5. The monoisotopic (exact) mass is 344 g/mol. The van der Waals surface area contributed by atoms with Gasteiger partial charge in [-0.25, -0.2) is 4.68 Å². The fourth-order valence-corrected chi connectivity index (χ4v) is 4.14. The molecule has 1 aromatic carbocycles. The van der Waals surface area contributed by atoms with Crippen molar-refractivity contribution in [3.8, 4) is 5.69 Å². The number of likely N-dealkylation sites (tertiary alicyclic amines) is 1. The predicted octanol–water partition coefficient (Wildman–Crippen LogP) is 4.08. The number of nitrogens with zero attached hydrogens (tertiary/aromatic N) is 3. The lowest BCUT2D eigenvalue weighted by Gasteiger charge is -2.29. The minimum Gasteiger partial charge on any atom is -0.370 e. The second-order valence-corrected chi connectivity index (χ2v) is 7.52. The lowest BCUT2D eigenvalue weighted by atomic mass is 9.91. The Labute approximate surface area is 148 Å². The van der Waals surface area contributed by atoms with Crippen LogP contribution in [-0.4, -0.2) is 41.4 Å². The maximum Gasteiger partial charge on any atom is 0.133 e. The molecule has 2 aliphatic rings. The molecule has 3 heterocycles. The molecule has 1 fully saturated rings. The smallest absolute Gasteiger partial charge is 0.133 e. The first-order valence-corrected chi connectivity index (χ1v) is 9.40. The van der Waals surface area contributed by atoms with Gasteiger partial charge in [-0.3, -0.25) is 0 Å². The highest BCUT2D eigenvalue weighted by Crippen LogP contribution is 2.35. The number of piperidine rings is 1. The molecule has 0 amide bonds. The van der Waals surface area contributed by atoms with E-state index in [0.29, 0.717) is 5.92 Å². The summed E-state index contributed by atoms with van der Waals surface area (Å²) in [5.41, 5.74) is 3.82. The topological polar surface area (TPSA) is 33.1 Å². The van der Waals surface area contributed by atoms with E-state index in [4.69, 9.17) is 16.7 Å². The van der Waals surface area contributed by atoms with E-state index in [1.807, 2.05) is 12.1 Å². The number of rotatable bonds is 2. The summed E-state index contributed by atoms with van der Waals surface area (Å²) < 4.78 is 2.10. The van der Waals surface area contributed by atoms with Crippen molar-refractivity contribution in [1.29, 1.82) is 0 Å². The highest BCUT2D eigenvalue weighted by Gasteiger charge is 2.28. The Bertz CT molecular complexity index is 707. The minimum atomic E-state index is 0.547. The quantitative estimate of drug-likeness (QED) is 0.891. The van der Waals surface area contributed by atoms with Gasteiger partial charge in [-0.2, -0.15) is 5.10 Å². The van der Waals surface area contributed by atoms with E-state index in [-0.39, 0.29) is 0 Å². The number of likely N-dealkylation sites (N-methyl/N-ethyl adjacent to an activating group) is 1. The van der Waals surface area contributed by atoms with E-state index in [1.54, 1.807) is 0 Å². The maximum atomic E-state index is 6.06. The van der Waals surface area contributed by atoms with Gasteiger partial charge in [0, 0.05) is 29.6 Å².